The standard InChI is InChI=1S/C14H20N2O/c1-10(2)13-6-7-16(9-13)14-5-4-12(8-15-14)11(3)17/h4-5,8,10,13H,6-7,9H2,1-3H3. The summed E-state index contributed by atoms with van der Waals surface area (Å²) < 4.78 is 0. The van der Waals surface area contributed by atoms with Crippen LogP contribution in [0.2, 0.25) is 0 Å². The molecule has 0 radical (unpaired) electrons. The van der Waals surface area contributed by atoms with E-state index in [0.29, 0.717) is 5.56 Å². The van der Waals surface area contributed by atoms with Gasteiger partial charge in [-0.25, -0.2) is 4.98 Å². The summed E-state index contributed by atoms with van der Waals surface area (Å²) in [5.74, 6) is 2.57. The van der Waals surface area contributed by atoms with Crippen molar-refractivity contribution in [2.24, 2.45) is 11.8 Å². The van der Waals surface area contributed by atoms with Crippen LogP contribution in [0.1, 0.15) is 37.6 Å². The summed E-state index contributed by atoms with van der Waals surface area (Å²) in [6, 6.07) is 3.83. The molecule has 0 aliphatic carbocycles. The third kappa shape index (κ3) is 2.65. The van der Waals surface area contributed by atoms with Crippen molar-refractivity contribution in [3.05, 3.63) is 23.9 Å². The molecule has 1 atom stereocenters. The van der Waals surface area contributed by atoms with Crippen LogP contribution in [-0.4, -0.2) is 23.9 Å². The van der Waals surface area contributed by atoms with Gasteiger partial charge in [-0.3, -0.25) is 4.79 Å². The van der Waals surface area contributed by atoms with Crippen molar-refractivity contribution in [2.75, 3.05) is 18.0 Å². The number of nitrogens with zero attached hydrogens (tertiary/aromatic N) is 2. The second-order valence-corrected chi connectivity index (χ2v) is 5.20. The first kappa shape index (κ1) is 12.1. The highest BCUT2D eigenvalue weighted by Crippen LogP contribution is 2.26. The van der Waals surface area contributed by atoms with E-state index >= 15 is 0 Å². The summed E-state index contributed by atoms with van der Waals surface area (Å²) in [7, 11) is 0. The SMILES string of the molecule is CC(=O)c1ccc(N2CCC(C(C)C)C2)nc1. The van der Waals surface area contributed by atoms with E-state index in [1.165, 1.54) is 6.42 Å². The summed E-state index contributed by atoms with van der Waals surface area (Å²) in [6.45, 7) is 8.29. The van der Waals surface area contributed by atoms with Gasteiger partial charge in [0, 0.05) is 24.8 Å². The first-order chi connectivity index (χ1) is 8.08. The Morgan fingerprint density at radius 3 is 2.71 bits per heavy atom. The van der Waals surface area contributed by atoms with Crippen LogP contribution >= 0.6 is 0 Å². The molecule has 1 aliphatic heterocycles. The molecule has 92 valence electrons. The summed E-state index contributed by atoms with van der Waals surface area (Å²) in [5, 5.41) is 0. The molecule has 1 aromatic heterocycles. The Kier molecular flexibility index (Phi) is 3.46. The summed E-state index contributed by atoms with van der Waals surface area (Å²) in [5.41, 5.74) is 0.688. The normalized spacial score (nSPS) is 20.0. The fourth-order valence-electron chi connectivity index (χ4n) is 2.32. The van der Waals surface area contributed by atoms with Crippen LogP contribution < -0.4 is 4.90 Å². The van der Waals surface area contributed by atoms with Crippen molar-refractivity contribution in [3.63, 3.8) is 0 Å². The molecule has 0 amide bonds. The van der Waals surface area contributed by atoms with E-state index in [9.17, 15) is 4.79 Å². The monoisotopic (exact) mass is 232 g/mol. The number of aromatic nitrogens is 1. The van der Waals surface area contributed by atoms with Crippen molar-refractivity contribution < 1.29 is 4.79 Å². The van der Waals surface area contributed by atoms with Gasteiger partial charge in [-0.15, -0.1) is 0 Å². The molecule has 1 aromatic rings. The molecule has 0 bridgehead atoms. The summed E-state index contributed by atoms with van der Waals surface area (Å²) in [6.07, 6.45) is 2.92. The predicted molar refractivity (Wildman–Crippen MR) is 69.4 cm³/mol. The number of rotatable bonds is 3. The maximum atomic E-state index is 11.2. The van der Waals surface area contributed by atoms with E-state index in [-0.39, 0.29) is 5.78 Å². The minimum absolute atomic E-state index is 0.0746. The molecule has 3 nitrogen and oxygen atoms in total. The molecular formula is C14H20N2O. The van der Waals surface area contributed by atoms with Gasteiger partial charge >= 0.3 is 0 Å². The molecule has 2 heterocycles. The molecule has 0 saturated carbocycles. The Hall–Kier alpha value is -1.38. The number of Topliss-reactive ketones (excluding diaryl/α,β-unsaturated/α-hetero) is 1. The van der Waals surface area contributed by atoms with Gasteiger partial charge in [-0.05, 0) is 37.3 Å². The third-order valence-corrected chi connectivity index (χ3v) is 3.65. The highest BCUT2D eigenvalue weighted by molar-refractivity contribution is 5.93. The Morgan fingerprint density at radius 2 is 2.24 bits per heavy atom. The fourth-order valence-corrected chi connectivity index (χ4v) is 2.32. The van der Waals surface area contributed by atoms with Crippen molar-refractivity contribution in [1.82, 2.24) is 4.98 Å². The van der Waals surface area contributed by atoms with Crippen LogP contribution in [0, 0.1) is 11.8 Å². The van der Waals surface area contributed by atoms with Gasteiger partial charge in [0.15, 0.2) is 5.78 Å². The van der Waals surface area contributed by atoms with E-state index in [2.05, 4.69) is 23.7 Å². The second kappa shape index (κ2) is 4.86. The molecule has 1 unspecified atom stereocenters. The number of anilines is 1. The lowest BCUT2D eigenvalue weighted by Gasteiger charge is -2.19. The van der Waals surface area contributed by atoms with Gasteiger partial charge in [-0.1, -0.05) is 13.8 Å². The number of ketones is 1. The summed E-state index contributed by atoms with van der Waals surface area (Å²) >= 11 is 0. The third-order valence-electron chi connectivity index (χ3n) is 3.65. The summed E-state index contributed by atoms with van der Waals surface area (Å²) in [4.78, 5) is 17.9. The van der Waals surface area contributed by atoms with E-state index in [1.807, 2.05) is 12.1 Å². The molecular weight excluding hydrogens is 212 g/mol. The first-order valence-corrected chi connectivity index (χ1v) is 6.30. The minimum Gasteiger partial charge on any atom is -0.356 e. The van der Waals surface area contributed by atoms with E-state index < -0.39 is 0 Å². The van der Waals surface area contributed by atoms with Gasteiger partial charge in [-0.2, -0.15) is 0 Å². The highest BCUT2D eigenvalue weighted by atomic mass is 16.1. The molecule has 3 heteroatoms. The van der Waals surface area contributed by atoms with Crippen LogP contribution in [0.15, 0.2) is 18.3 Å². The fraction of sp³-hybridized carbons (Fsp3) is 0.571. The lowest BCUT2D eigenvalue weighted by atomic mass is 9.95. The Balaban J connectivity index is 2.06. The van der Waals surface area contributed by atoms with Crippen LogP contribution in [-0.2, 0) is 0 Å². The Morgan fingerprint density at radius 1 is 1.47 bits per heavy atom. The first-order valence-electron chi connectivity index (χ1n) is 6.30. The zero-order chi connectivity index (χ0) is 12.4. The molecule has 1 aliphatic rings. The lowest BCUT2D eigenvalue weighted by Crippen LogP contribution is -2.22. The number of hydrogen-bond acceptors (Lipinski definition) is 3. The minimum atomic E-state index is 0.0746. The van der Waals surface area contributed by atoms with E-state index in [1.54, 1.807) is 13.1 Å². The smallest absolute Gasteiger partial charge is 0.161 e. The van der Waals surface area contributed by atoms with Crippen LogP contribution in [0.4, 0.5) is 5.82 Å². The molecule has 1 fully saturated rings. The Labute approximate surface area is 103 Å². The van der Waals surface area contributed by atoms with Gasteiger partial charge in [0.1, 0.15) is 5.82 Å². The zero-order valence-electron chi connectivity index (χ0n) is 10.8. The maximum absolute atomic E-state index is 11.2. The van der Waals surface area contributed by atoms with Crippen molar-refractivity contribution >= 4 is 11.6 Å². The average Bonchev–Trinajstić information content (AvgIpc) is 2.78. The van der Waals surface area contributed by atoms with Crippen LogP contribution in [0.5, 0.6) is 0 Å². The van der Waals surface area contributed by atoms with E-state index in [0.717, 1.165) is 30.7 Å². The van der Waals surface area contributed by atoms with Gasteiger partial charge < -0.3 is 4.90 Å². The van der Waals surface area contributed by atoms with E-state index in [4.69, 9.17) is 0 Å². The van der Waals surface area contributed by atoms with Crippen LogP contribution in [0.25, 0.3) is 0 Å². The molecule has 2 rings (SSSR count). The van der Waals surface area contributed by atoms with Gasteiger partial charge in [0.25, 0.3) is 0 Å². The number of pyridine rings is 1. The van der Waals surface area contributed by atoms with Crippen molar-refractivity contribution in [2.45, 2.75) is 27.2 Å². The van der Waals surface area contributed by atoms with Crippen molar-refractivity contribution in [3.8, 4) is 0 Å². The zero-order valence-corrected chi connectivity index (χ0v) is 10.8. The number of hydrogen-bond donors (Lipinski definition) is 0. The molecule has 0 spiro atoms. The topological polar surface area (TPSA) is 33.2 Å². The average molecular weight is 232 g/mol. The molecule has 17 heavy (non-hydrogen) atoms. The van der Waals surface area contributed by atoms with Crippen LogP contribution in [0.3, 0.4) is 0 Å². The molecule has 0 N–H and O–H groups in total. The second-order valence-electron chi connectivity index (χ2n) is 5.20. The predicted octanol–water partition coefficient (Wildman–Crippen LogP) is 2.77. The number of carbonyl (C=O) groups excluding carboxylic acids is 1. The van der Waals surface area contributed by atoms with Gasteiger partial charge in [0.05, 0.1) is 0 Å². The molecule has 1 saturated heterocycles. The maximum Gasteiger partial charge on any atom is 0.161 e. The molecule has 0 aromatic carbocycles. The highest BCUT2D eigenvalue weighted by Gasteiger charge is 2.25. The van der Waals surface area contributed by atoms with Gasteiger partial charge in [0.2, 0.25) is 0 Å². The largest absolute Gasteiger partial charge is 0.356 e. The van der Waals surface area contributed by atoms with Crippen molar-refractivity contribution in [1.29, 1.82) is 0 Å². The lowest BCUT2D eigenvalue weighted by molar-refractivity contribution is 0.101. The Bertz CT molecular complexity index is 397. The quantitative estimate of drug-likeness (QED) is 0.751. The number of carbonyl (C=O) groups is 1.